The lowest BCUT2D eigenvalue weighted by Gasteiger charge is -2.05. The average Bonchev–Trinajstić information content (AvgIpc) is 2.26. The Morgan fingerprint density at radius 3 is 2.25 bits per heavy atom. The zero-order valence-corrected chi connectivity index (χ0v) is 10.1. The Bertz CT molecular complexity index is 206. The highest BCUT2D eigenvalue weighted by molar-refractivity contribution is 5.78. The number of carbonyl (C=O) groups is 2. The van der Waals surface area contributed by atoms with Crippen molar-refractivity contribution in [1.29, 1.82) is 0 Å². The van der Waals surface area contributed by atoms with E-state index in [9.17, 15) is 9.59 Å². The summed E-state index contributed by atoms with van der Waals surface area (Å²) < 4.78 is 10.4. The molecule has 0 atom stereocenters. The van der Waals surface area contributed by atoms with E-state index in [1.165, 1.54) is 6.92 Å². The molecule has 0 radical (unpaired) electrons. The van der Waals surface area contributed by atoms with Gasteiger partial charge in [-0.1, -0.05) is 6.92 Å². The van der Waals surface area contributed by atoms with Crippen molar-refractivity contribution in [3.05, 3.63) is 0 Å². The number of nitrogens with one attached hydrogen (secondary N) is 1. The third kappa shape index (κ3) is 11.1. The first-order chi connectivity index (χ1) is 7.66. The van der Waals surface area contributed by atoms with Crippen molar-refractivity contribution < 1.29 is 19.1 Å². The molecule has 0 unspecified atom stereocenters. The topological polar surface area (TPSA) is 64.6 Å². The highest BCUT2D eigenvalue weighted by Crippen LogP contribution is 1.89. The Hall–Kier alpha value is -0.940. The van der Waals surface area contributed by atoms with Crippen molar-refractivity contribution in [2.24, 2.45) is 0 Å². The summed E-state index contributed by atoms with van der Waals surface area (Å²) in [6, 6.07) is 0. The van der Waals surface area contributed by atoms with E-state index >= 15 is 0 Å². The Balaban J connectivity index is 3.04. The van der Waals surface area contributed by atoms with Gasteiger partial charge in [0.05, 0.1) is 26.4 Å². The lowest BCUT2D eigenvalue weighted by Crippen LogP contribution is -2.25. The van der Waals surface area contributed by atoms with Crippen molar-refractivity contribution in [2.45, 2.75) is 26.7 Å². The lowest BCUT2D eigenvalue weighted by molar-refractivity contribution is -0.120. The van der Waals surface area contributed by atoms with Crippen molar-refractivity contribution in [2.75, 3.05) is 33.0 Å². The summed E-state index contributed by atoms with van der Waals surface area (Å²) in [5.41, 5.74) is 0. The van der Waals surface area contributed by atoms with Crippen molar-refractivity contribution >= 4 is 11.7 Å². The highest BCUT2D eigenvalue weighted by Gasteiger charge is 1.97. The van der Waals surface area contributed by atoms with Gasteiger partial charge in [0.25, 0.3) is 0 Å². The van der Waals surface area contributed by atoms with Gasteiger partial charge >= 0.3 is 0 Å². The first-order valence-corrected chi connectivity index (χ1v) is 5.58. The molecule has 5 heteroatoms. The smallest absolute Gasteiger partial charge is 0.216 e. The summed E-state index contributed by atoms with van der Waals surface area (Å²) >= 11 is 0. The largest absolute Gasteiger partial charge is 0.379 e. The van der Waals surface area contributed by atoms with E-state index in [4.69, 9.17) is 9.47 Å². The molecule has 5 nitrogen and oxygen atoms in total. The number of carbonyl (C=O) groups excluding carboxylic acids is 2. The van der Waals surface area contributed by atoms with E-state index in [1.807, 2.05) is 6.92 Å². The molecule has 0 aliphatic carbocycles. The van der Waals surface area contributed by atoms with Gasteiger partial charge in [0.15, 0.2) is 0 Å². The molecular formula is C11H21NO4. The molecule has 0 aromatic rings. The van der Waals surface area contributed by atoms with Gasteiger partial charge in [0, 0.05) is 26.3 Å². The van der Waals surface area contributed by atoms with E-state index in [0.717, 1.165) is 0 Å². The molecule has 0 fully saturated rings. The second-order valence-corrected chi connectivity index (χ2v) is 3.35. The molecule has 0 aromatic heterocycles. The van der Waals surface area contributed by atoms with E-state index < -0.39 is 0 Å². The molecule has 1 N–H and O–H groups in total. The van der Waals surface area contributed by atoms with E-state index in [1.54, 1.807) is 0 Å². The minimum absolute atomic E-state index is 0.0575. The minimum atomic E-state index is -0.0575. The van der Waals surface area contributed by atoms with Gasteiger partial charge in [0.2, 0.25) is 5.91 Å². The molecule has 0 spiro atoms. The van der Waals surface area contributed by atoms with Crippen LogP contribution in [0, 0.1) is 0 Å². The van der Waals surface area contributed by atoms with Crippen LogP contribution in [0.4, 0.5) is 0 Å². The third-order valence-electron chi connectivity index (χ3n) is 1.91. The molecule has 94 valence electrons. The summed E-state index contributed by atoms with van der Waals surface area (Å²) in [4.78, 5) is 21.4. The quantitative estimate of drug-likeness (QED) is 0.557. The SMILES string of the molecule is CCC(=O)CCOCCOCCNC(C)=O. The van der Waals surface area contributed by atoms with Gasteiger partial charge < -0.3 is 14.8 Å². The maximum atomic E-state index is 10.9. The fourth-order valence-corrected chi connectivity index (χ4v) is 0.984. The number of hydrogen-bond donors (Lipinski definition) is 1. The number of ketones is 1. The number of rotatable bonds is 10. The molecule has 0 heterocycles. The van der Waals surface area contributed by atoms with Crippen LogP contribution in [0.2, 0.25) is 0 Å². The van der Waals surface area contributed by atoms with E-state index in [2.05, 4.69) is 5.32 Å². The summed E-state index contributed by atoms with van der Waals surface area (Å²) in [7, 11) is 0. The van der Waals surface area contributed by atoms with Crippen LogP contribution >= 0.6 is 0 Å². The fraction of sp³-hybridized carbons (Fsp3) is 0.818. The molecule has 0 aliphatic rings. The molecule has 0 aliphatic heterocycles. The molecule has 0 aromatic carbocycles. The Morgan fingerprint density at radius 1 is 1.06 bits per heavy atom. The molecular weight excluding hydrogens is 210 g/mol. The van der Waals surface area contributed by atoms with Gasteiger partial charge in [-0.05, 0) is 0 Å². The average molecular weight is 231 g/mol. The van der Waals surface area contributed by atoms with E-state index in [-0.39, 0.29) is 11.7 Å². The van der Waals surface area contributed by atoms with Gasteiger partial charge in [-0.25, -0.2) is 0 Å². The maximum absolute atomic E-state index is 10.9. The van der Waals surface area contributed by atoms with Crippen LogP contribution < -0.4 is 5.32 Å². The monoisotopic (exact) mass is 231 g/mol. The second-order valence-electron chi connectivity index (χ2n) is 3.35. The van der Waals surface area contributed by atoms with Gasteiger partial charge in [-0.2, -0.15) is 0 Å². The predicted octanol–water partition coefficient (Wildman–Crippen LogP) is 0.525. The van der Waals surface area contributed by atoms with Crippen molar-refractivity contribution in [3.8, 4) is 0 Å². The van der Waals surface area contributed by atoms with Crippen LogP contribution in [0.3, 0.4) is 0 Å². The van der Waals surface area contributed by atoms with E-state index in [0.29, 0.717) is 45.8 Å². The van der Waals surface area contributed by atoms with Gasteiger partial charge in [-0.3, -0.25) is 9.59 Å². The Labute approximate surface area is 96.5 Å². The maximum Gasteiger partial charge on any atom is 0.216 e. The highest BCUT2D eigenvalue weighted by atomic mass is 16.5. The number of amides is 1. The van der Waals surface area contributed by atoms with Crippen LogP contribution in [0.25, 0.3) is 0 Å². The summed E-state index contributed by atoms with van der Waals surface area (Å²) in [6.45, 7) is 5.74. The van der Waals surface area contributed by atoms with Crippen LogP contribution in [-0.4, -0.2) is 44.7 Å². The number of Topliss-reactive ketones (excluding diaryl/α,β-unsaturated/α-hetero) is 1. The molecule has 0 saturated heterocycles. The van der Waals surface area contributed by atoms with Crippen LogP contribution in [0.1, 0.15) is 26.7 Å². The van der Waals surface area contributed by atoms with Crippen molar-refractivity contribution in [1.82, 2.24) is 5.32 Å². The van der Waals surface area contributed by atoms with Crippen LogP contribution in [0.5, 0.6) is 0 Å². The summed E-state index contributed by atoms with van der Waals surface area (Å²) in [5.74, 6) is 0.157. The normalized spacial score (nSPS) is 10.1. The van der Waals surface area contributed by atoms with Crippen LogP contribution in [0.15, 0.2) is 0 Å². The first-order valence-electron chi connectivity index (χ1n) is 5.58. The summed E-state index contributed by atoms with van der Waals surface area (Å²) in [6.07, 6.45) is 1.04. The number of ether oxygens (including phenoxy) is 2. The predicted molar refractivity (Wildman–Crippen MR) is 60.2 cm³/mol. The minimum Gasteiger partial charge on any atom is -0.379 e. The first kappa shape index (κ1) is 15.1. The zero-order chi connectivity index (χ0) is 12.2. The molecule has 1 amide bonds. The van der Waals surface area contributed by atoms with Gasteiger partial charge in [-0.15, -0.1) is 0 Å². The molecule has 0 bridgehead atoms. The lowest BCUT2D eigenvalue weighted by atomic mass is 10.2. The Kier molecular flexibility index (Phi) is 9.95. The Morgan fingerprint density at radius 2 is 1.69 bits per heavy atom. The zero-order valence-electron chi connectivity index (χ0n) is 10.1. The summed E-state index contributed by atoms with van der Waals surface area (Å²) in [5, 5.41) is 2.62. The second kappa shape index (κ2) is 10.6. The number of hydrogen-bond acceptors (Lipinski definition) is 4. The van der Waals surface area contributed by atoms with Crippen molar-refractivity contribution in [3.63, 3.8) is 0 Å². The standard InChI is InChI=1S/C11H21NO4/c1-3-11(14)4-6-15-8-9-16-7-5-12-10(2)13/h3-9H2,1-2H3,(H,12,13). The van der Waals surface area contributed by atoms with Crippen LogP contribution in [-0.2, 0) is 19.1 Å². The molecule has 0 saturated carbocycles. The molecule has 16 heavy (non-hydrogen) atoms. The van der Waals surface area contributed by atoms with Gasteiger partial charge in [0.1, 0.15) is 5.78 Å². The third-order valence-corrected chi connectivity index (χ3v) is 1.91. The molecule has 0 rings (SSSR count). The fourth-order valence-electron chi connectivity index (χ4n) is 0.984.